The molecule has 0 rings (SSSR count). The molecule has 0 saturated carbocycles. The predicted octanol–water partition coefficient (Wildman–Crippen LogP) is 0.502. The van der Waals surface area contributed by atoms with Crippen LogP contribution in [0.4, 0.5) is 4.79 Å². The average molecular weight is 161 g/mol. The van der Waals surface area contributed by atoms with Crippen molar-refractivity contribution in [2.75, 3.05) is 7.05 Å². The van der Waals surface area contributed by atoms with E-state index in [1.165, 1.54) is 7.05 Å². The van der Waals surface area contributed by atoms with Gasteiger partial charge in [0, 0.05) is 7.05 Å². The quantitative estimate of drug-likeness (QED) is 0.620. The van der Waals surface area contributed by atoms with Gasteiger partial charge in [0.25, 0.3) is 0 Å². The first-order valence-electron chi connectivity index (χ1n) is 3.49. The number of nitrogens with one attached hydrogen (secondary N) is 1. The van der Waals surface area contributed by atoms with E-state index in [1.807, 2.05) is 0 Å². The first-order chi connectivity index (χ1) is 4.90. The third-order valence-corrected chi connectivity index (χ3v) is 1.57. The lowest BCUT2D eigenvalue weighted by Crippen LogP contribution is -2.41. The third kappa shape index (κ3) is 3.23. The van der Waals surface area contributed by atoms with E-state index in [-0.39, 0.29) is 0 Å². The fourth-order valence-electron chi connectivity index (χ4n) is 0.375. The molecular weight excluding hydrogens is 146 g/mol. The summed E-state index contributed by atoms with van der Waals surface area (Å²) < 4.78 is 4.85. The van der Waals surface area contributed by atoms with Crippen molar-refractivity contribution in [2.24, 2.45) is 0 Å². The zero-order chi connectivity index (χ0) is 9.07. The van der Waals surface area contributed by atoms with Gasteiger partial charge in [0.1, 0.15) is 5.60 Å². The highest BCUT2D eigenvalue weighted by Crippen LogP contribution is 2.13. The van der Waals surface area contributed by atoms with Gasteiger partial charge in [-0.05, 0) is 20.8 Å². The molecule has 0 aliphatic heterocycles. The van der Waals surface area contributed by atoms with Crippen LogP contribution >= 0.6 is 0 Å². The van der Waals surface area contributed by atoms with Crippen LogP contribution in [0.5, 0.6) is 0 Å². The van der Waals surface area contributed by atoms with Crippen LogP contribution in [0.3, 0.4) is 0 Å². The molecule has 0 heterocycles. The van der Waals surface area contributed by atoms with Gasteiger partial charge in [-0.2, -0.15) is 0 Å². The number of aliphatic hydroxyl groups excluding tert-OH is 1. The summed E-state index contributed by atoms with van der Waals surface area (Å²) in [5.74, 6) is 0. The minimum Gasteiger partial charge on any atom is -0.441 e. The SMILES string of the molecule is CNC(=O)OC(C)(C)C(C)O. The molecule has 0 fully saturated rings. The topological polar surface area (TPSA) is 58.6 Å². The molecule has 11 heavy (non-hydrogen) atoms. The molecule has 0 aliphatic carbocycles. The van der Waals surface area contributed by atoms with Crippen LogP contribution in [0.15, 0.2) is 0 Å². The highest BCUT2D eigenvalue weighted by molar-refractivity contribution is 5.67. The molecule has 4 nitrogen and oxygen atoms in total. The van der Waals surface area contributed by atoms with Crippen molar-refractivity contribution in [1.29, 1.82) is 0 Å². The zero-order valence-corrected chi connectivity index (χ0v) is 7.34. The fourth-order valence-corrected chi connectivity index (χ4v) is 0.375. The van der Waals surface area contributed by atoms with E-state index in [0.717, 1.165) is 0 Å². The van der Waals surface area contributed by atoms with Gasteiger partial charge in [-0.3, -0.25) is 0 Å². The Morgan fingerprint density at radius 1 is 1.64 bits per heavy atom. The molecule has 0 aromatic carbocycles. The van der Waals surface area contributed by atoms with E-state index in [4.69, 9.17) is 9.84 Å². The molecule has 1 amide bonds. The van der Waals surface area contributed by atoms with E-state index in [2.05, 4.69) is 5.32 Å². The molecular formula is C7H15NO3. The lowest BCUT2D eigenvalue weighted by Gasteiger charge is -2.27. The van der Waals surface area contributed by atoms with E-state index in [1.54, 1.807) is 20.8 Å². The molecule has 1 atom stereocenters. The number of hydrogen-bond acceptors (Lipinski definition) is 3. The average Bonchev–Trinajstić information content (AvgIpc) is 1.86. The number of alkyl carbamates (subject to hydrolysis) is 1. The van der Waals surface area contributed by atoms with Crippen LogP contribution in [0.1, 0.15) is 20.8 Å². The summed E-state index contributed by atoms with van der Waals surface area (Å²) in [7, 11) is 1.47. The van der Waals surface area contributed by atoms with Gasteiger partial charge >= 0.3 is 6.09 Å². The summed E-state index contributed by atoms with van der Waals surface area (Å²) in [5, 5.41) is 11.4. The Labute approximate surface area is 66.5 Å². The maximum atomic E-state index is 10.7. The van der Waals surface area contributed by atoms with Crippen LogP contribution in [0.2, 0.25) is 0 Å². The van der Waals surface area contributed by atoms with Gasteiger partial charge in [0.2, 0.25) is 0 Å². The van der Waals surface area contributed by atoms with Crippen molar-refractivity contribution in [1.82, 2.24) is 5.32 Å². The van der Waals surface area contributed by atoms with Crippen LogP contribution in [0, 0.1) is 0 Å². The molecule has 4 heteroatoms. The second-order valence-corrected chi connectivity index (χ2v) is 2.92. The number of rotatable bonds is 2. The molecule has 2 N–H and O–H groups in total. The molecule has 0 aliphatic rings. The summed E-state index contributed by atoms with van der Waals surface area (Å²) >= 11 is 0. The first kappa shape index (κ1) is 10.2. The summed E-state index contributed by atoms with van der Waals surface area (Å²) in [6.07, 6.45) is -1.21. The maximum absolute atomic E-state index is 10.7. The number of hydrogen-bond donors (Lipinski definition) is 2. The Morgan fingerprint density at radius 2 is 2.09 bits per heavy atom. The molecule has 0 aromatic rings. The van der Waals surface area contributed by atoms with Crippen LogP contribution in [-0.4, -0.2) is 30.0 Å². The van der Waals surface area contributed by atoms with E-state index in [9.17, 15) is 4.79 Å². The van der Waals surface area contributed by atoms with E-state index >= 15 is 0 Å². The largest absolute Gasteiger partial charge is 0.441 e. The Bertz CT molecular complexity index is 143. The van der Waals surface area contributed by atoms with Crippen LogP contribution in [-0.2, 0) is 4.74 Å². The van der Waals surface area contributed by atoms with Gasteiger partial charge in [0.15, 0.2) is 0 Å². The second kappa shape index (κ2) is 3.57. The number of aliphatic hydroxyl groups is 1. The molecule has 0 aromatic heterocycles. The van der Waals surface area contributed by atoms with Crippen molar-refractivity contribution in [2.45, 2.75) is 32.5 Å². The van der Waals surface area contributed by atoms with Crippen molar-refractivity contribution in [3.63, 3.8) is 0 Å². The van der Waals surface area contributed by atoms with Crippen molar-refractivity contribution >= 4 is 6.09 Å². The van der Waals surface area contributed by atoms with Crippen molar-refractivity contribution < 1.29 is 14.6 Å². The Kier molecular flexibility index (Phi) is 3.32. The first-order valence-corrected chi connectivity index (χ1v) is 3.49. The standard InChI is InChI=1S/C7H15NO3/c1-5(9)7(2,3)11-6(10)8-4/h5,9H,1-4H3,(H,8,10). The summed E-state index contributed by atoms with van der Waals surface area (Å²) in [5.41, 5.74) is -0.833. The van der Waals surface area contributed by atoms with Crippen molar-refractivity contribution in [3.05, 3.63) is 0 Å². The van der Waals surface area contributed by atoms with Crippen molar-refractivity contribution in [3.8, 4) is 0 Å². The highest BCUT2D eigenvalue weighted by atomic mass is 16.6. The van der Waals surface area contributed by atoms with E-state index < -0.39 is 17.8 Å². The van der Waals surface area contributed by atoms with Crippen LogP contribution < -0.4 is 5.32 Å². The second-order valence-electron chi connectivity index (χ2n) is 2.92. The highest BCUT2D eigenvalue weighted by Gasteiger charge is 2.27. The van der Waals surface area contributed by atoms with Gasteiger partial charge in [0.05, 0.1) is 6.10 Å². The number of ether oxygens (including phenoxy) is 1. The predicted molar refractivity (Wildman–Crippen MR) is 41.3 cm³/mol. The van der Waals surface area contributed by atoms with E-state index in [0.29, 0.717) is 0 Å². The number of amides is 1. The number of carbonyl (C=O) groups excluding carboxylic acids is 1. The minimum atomic E-state index is -0.833. The lowest BCUT2D eigenvalue weighted by molar-refractivity contribution is -0.0484. The molecule has 0 bridgehead atoms. The summed E-state index contributed by atoms with van der Waals surface area (Å²) in [6.45, 7) is 4.86. The maximum Gasteiger partial charge on any atom is 0.407 e. The third-order valence-electron chi connectivity index (χ3n) is 1.57. The van der Waals surface area contributed by atoms with Gasteiger partial charge in [-0.1, -0.05) is 0 Å². The monoisotopic (exact) mass is 161 g/mol. The smallest absolute Gasteiger partial charge is 0.407 e. The minimum absolute atomic E-state index is 0.532. The molecule has 0 radical (unpaired) electrons. The lowest BCUT2D eigenvalue weighted by atomic mass is 10.0. The Balaban J connectivity index is 4.01. The van der Waals surface area contributed by atoms with Gasteiger partial charge in [-0.25, -0.2) is 4.79 Å². The molecule has 1 unspecified atom stereocenters. The summed E-state index contributed by atoms with van der Waals surface area (Å²) in [4.78, 5) is 10.7. The zero-order valence-electron chi connectivity index (χ0n) is 7.34. The van der Waals surface area contributed by atoms with Gasteiger partial charge < -0.3 is 15.2 Å². The van der Waals surface area contributed by atoms with Gasteiger partial charge in [-0.15, -0.1) is 0 Å². The number of carbonyl (C=O) groups is 1. The van der Waals surface area contributed by atoms with Crippen LogP contribution in [0.25, 0.3) is 0 Å². The Morgan fingerprint density at radius 3 is 2.36 bits per heavy atom. The normalized spacial score (nSPS) is 13.9. The molecule has 0 spiro atoms. The summed E-state index contributed by atoms with van der Waals surface area (Å²) in [6, 6.07) is 0. The molecule has 66 valence electrons. The Hall–Kier alpha value is -0.770. The molecule has 0 saturated heterocycles. The fraction of sp³-hybridized carbons (Fsp3) is 0.857.